The fourth-order valence-electron chi connectivity index (χ4n) is 1.33. The molecule has 0 spiro atoms. The summed E-state index contributed by atoms with van der Waals surface area (Å²) in [7, 11) is 1.40. The van der Waals surface area contributed by atoms with E-state index >= 15 is 0 Å². The van der Waals surface area contributed by atoms with Crippen LogP contribution in [0.25, 0.3) is 0 Å². The van der Waals surface area contributed by atoms with Gasteiger partial charge < -0.3 is 10.1 Å². The summed E-state index contributed by atoms with van der Waals surface area (Å²) < 4.78 is 6.42. The summed E-state index contributed by atoms with van der Waals surface area (Å²) in [5.41, 5.74) is 0. The minimum Gasteiger partial charge on any atom is -0.469 e. The molecule has 90 valence electrons. The Bertz CT molecular complexity index is 313. The number of carbonyl (C=O) groups excluding carboxylic acids is 1. The molecule has 0 bridgehead atoms. The molecule has 0 aromatic carbocycles. The van der Waals surface area contributed by atoms with Crippen molar-refractivity contribution in [2.24, 2.45) is 5.92 Å². The standard InChI is InChI=1S/C10H18N4O2/c1-8(10(15)16-3)9(2)11-4-6-14-7-5-12-13-14/h5,7-9,11H,4,6H2,1-3H3. The van der Waals surface area contributed by atoms with Crippen molar-refractivity contribution in [1.29, 1.82) is 0 Å². The number of aromatic nitrogens is 3. The predicted octanol–water partition coefficient (Wildman–Crippen LogP) is 0.0653. The Morgan fingerprint density at radius 3 is 2.88 bits per heavy atom. The first-order chi connectivity index (χ1) is 7.65. The van der Waals surface area contributed by atoms with Gasteiger partial charge in [0.2, 0.25) is 0 Å². The third-order valence-corrected chi connectivity index (χ3v) is 2.60. The van der Waals surface area contributed by atoms with Gasteiger partial charge >= 0.3 is 5.97 Å². The summed E-state index contributed by atoms with van der Waals surface area (Å²) in [6, 6.07) is 0.0796. The van der Waals surface area contributed by atoms with Gasteiger partial charge in [0.05, 0.1) is 25.8 Å². The van der Waals surface area contributed by atoms with Gasteiger partial charge in [-0.15, -0.1) is 5.10 Å². The summed E-state index contributed by atoms with van der Waals surface area (Å²) in [6.07, 6.45) is 3.44. The Morgan fingerprint density at radius 1 is 1.56 bits per heavy atom. The second kappa shape index (κ2) is 6.22. The summed E-state index contributed by atoms with van der Waals surface area (Å²) in [4.78, 5) is 11.3. The second-order valence-electron chi connectivity index (χ2n) is 3.72. The number of hydrogen-bond donors (Lipinski definition) is 1. The monoisotopic (exact) mass is 226 g/mol. The minimum absolute atomic E-state index is 0.0796. The fraction of sp³-hybridized carbons (Fsp3) is 0.700. The lowest BCUT2D eigenvalue weighted by molar-refractivity contribution is -0.145. The maximum absolute atomic E-state index is 11.3. The number of esters is 1. The van der Waals surface area contributed by atoms with E-state index in [4.69, 9.17) is 0 Å². The van der Waals surface area contributed by atoms with Crippen molar-refractivity contribution >= 4 is 5.97 Å². The largest absolute Gasteiger partial charge is 0.469 e. The first-order valence-corrected chi connectivity index (χ1v) is 5.30. The molecule has 16 heavy (non-hydrogen) atoms. The van der Waals surface area contributed by atoms with Crippen LogP contribution in [0.1, 0.15) is 13.8 Å². The van der Waals surface area contributed by atoms with Crippen molar-refractivity contribution in [1.82, 2.24) is 20.3 Å². The van der Waals surface area contributed by atoms with E-state index in [1.165, 1.54) is 7.11 Å². The second-order valence-corrected chi connectivity index (χ2v) is 3.72. The zero-order valence-corrected chi connectivity index (χ0v) is 9.88. The van der Waals surface area contributed by atoms with Gasteiger partial charge in [-0.3, -0.25) is 9.48 Å². The van der Waals surface area contributed by atoms with Crippen LogP contribution < -0.4 is 5.32 Å². The molecule has 1 heterocycles. The smallest absolute Gasteiger partial charge is 0.309 e. The third kappa shape index (κ3) is 3.62. The van der Waals surface area contributed by atoms with Gasteiger partial charge in [-0.05, 0) is 6.92 Å². The highest BCUT2D eigenvalue weighted by molar-refractivity contribution is 5.72. The molecule has 0 aliphatic heterocycles. The molecule has 0 saturated heterocycles. The van der Waals surface area contributed by atoms with Crippen molar-refractivity contribution in [2.45, 2.75) is 26.4 Å². The van der Waals surface area contributed by atoms with E-state index in [1.54, 1.807) is 17.1 Å². The van der Waals surface area contributed by atoms with E-state index in [0.717, 1.165) is 13.1 Å². The first-order valence-electron chi connectivity index (χ1n) is 5.30. The Kier molecular flexibility index (Phi) is 4.91. The quantitative estimate of drug-likeness (QED) is 0.695. The SMILES string of the molecule is COC(=O)C(C)C(C)NCCn1ccnn1. The van der Waals surface area contributed by atoms with E-state index in [-0.39, 0.29) is 17.9 Å². The van der Waals surface area contributed by atoms with Crippen molar-refractivity contribution in [2.75, 3.05) is 13.7 Å². The molecule has 2 unspecified atom stereocenters. The highest BCUT2D eigenvalue weighted by Crippen LogP contribution is 2.03. The summed E-state index contributed by atoms with van der Waals surface area (Å²) in [6.45, 7) is 5.28. The lowest BCUT2D eigenvalue weighted by atomic mass is 10.0. The zero-order chi connectivity index (χ0) is 12.0. The Balaban J connectivity index is 2.24. The van der Waals surface area contributed by atoms with Gasteiger partial charge in [0.25, 0.3) is 0 Å². The molecular weight excluding hydrogens is 208 g/mol. The maximum atomic E-state index is 11.3. The molecule has 1 aromatic heterocycles. The molecule has 1 aromatic rings. The average molecular weight is 226 g/mol. The zero-order valence-electron chi connectivity index (χ0n) is 9.88. The van der Waals surface area contributed by atoms with Crippen LogP contribution in [-0.2, 0) is 16.1 Å². The van der Waals surface area contributed by atoms with Crippen LogP contribution in [0.5, 0.6) is 0 Å². The summed E-state index contributed by atoms with van der Waals surface area (Å²) in [5, 5.41) is 10.8. The lowest BCUT2D eigenvalue weighted by Gasteiger charge is -2.19. The van der Waals surface area contributed by atoms with E-state index < -0.39 is 0 Å². The molecule has 6 heteroatoms. The van der Waals surface area contributed by atoms with Crippen LogP contribution in [-0.4, -0.2) is 40.7 Å². The summed E-state index contributed by atoms with van der Waals surface area (Å²) >= 11 is 0. The average Bonchev–Trinajstić information content (AvgIpc) is 2.79. The molecule has 1 N–H and O–H groups in total. The number of nitrogens with one attached hydrogen (secondary N) is 1. The van der Waals surface area contributed by atoms with Gasteiger partial charge in [-0.1, -0.05) is 12.1 Å². The fourth-order valence-corrected chi connectivity index (χ4v) is 1.33. The van der Waals surface area contributed by atoms with E-state index in [2.05, 4.69) is 20.4 Å². The minimum atomic E-state index is -0.194. The molecule has 6 nitrogen and oxygen atoms in total. The predicted molar refractivity (Wildman–Crippen MR) is 58.7 cm³/mol. The number of nitrogens with zero attached hydrogens (tertiary/aromatic N) is 3. The van der Waals surface area contributed by atoms with Crippen molar-refractivity contribution in [3.63, 3.8) is 0 Å². The molecule has 1 rings (SSSR count). The highest BCUT2D eigenvalue weighted by atomic mass is 16.5. The number of rotatable bonds is 6. The molecule has 0 radical (unpaired) electrons. The Labute approximate surface area is 95.0 Å². The molecule has 0 saturated carbocycles. The maximum Gasteiger partial charge on any atom is 0.309 e. The molecule has 0 aliphatic rings. The number of ether oxygens (including phenoxy) is 1. The molecule has 0 amide bonds. The van der Waals surface area contributed by atoms with Crippen molar-refractivity contribution in [3.8, 4) is 0 Å². The molecule has 0 aliphatic carbocycles. The van der Waals surface area contributed by atoms with Crippen LogP contribution >= 0.6 is 0 Å². The van der Waals surface area contributed by atoms with Crippen LogP contribution in [0.4, 0.5) is 0 Å². The molecule has 2 atom stereocenters. The molecular formula is C10H18N4O2. The van der Waals surface area contributed by atoms with E-state index in [9.17, 15) is 4.79 Å². The van der Waals surface area contributed by atoms with Gasteiger partial charge in [0.1, 0.15) is 0 Å². The number of methoxy groups -OCH3 is 1. The van der Waals surface area contributed by atoms with E-state index in [1.807, 2.05) is 13.8 Å². The third-order valence-electron chi connectivity index (χ3n) is 2.60. The number of hydrogen-bond acceptors (Lipinski definition) is 5. The van der Waals surface area contributed by atoms with Crippen LogP contribution in [0.3, 0.4) is 0 Å². The van der Waals surface area contributed by atoms with Crippen LogP contribution in [0.2, 0.25) is 0 Å². The normalized spacial score (nSPS) is 14.4. The van der Waals surface area contributed by atoms with Gasteiger partial charge in [-0.25, -0.2) is 0 Å². The topological polar surface area (TPSA) is 69.0 Å². The van der Waals surface area contributed by atoms with Gasteiger partial charge in [0.15, 0.2) is 0 Å². The summed E-state index contributed by atoms with van der Waals surface area (Å²) in [5.74, 6) is -0.346. The highest BCUT2D eigenvalue weighted by Gasteiger charge is 2.19. The van der Waals surface area contributed by atoms with E-state index in [0.29, 0.717) is 0 Å². The van der Waals surface area contributed by atoms with Crippen LogP contribution in [0, 0.1) is 5.92 Å². The lowest BCUT2D eigenvalue weighted by Crippen LogP contribution is -2.38. The van der Waals surface area contributed by atoms with Gasteiger partial charge in [0, 0.05) is 18.8 Å². The Morgan fingerprint density at radius 2 is 2.31 bits per heavy atom. The van der Waals surface area contributed by atoms with Crippen molar-refractivity contribution < 1.29 is 9.53 Å². The van der Waals surface area contributed by atoms with Crippen LogP contribution in [0.15, 0.2) is 12.4 Å². The van der Waals surface area contributed by atoms with Crippen molar-refractivity contribution in [3.05, 3.63) is 12.4 Å². The number of carbonyl (C=O) groups is 1. The van der Waals surface area contributed by atoms with Gasteiger partial charge in [-0.2, -0.15) is 0 Å². The first kappa shape index (κ1) is 12.6. The molecule has 0 fully saturated rings. The Hall–Kier alpha value is -1.43.